The molecule has 1 atom stereocenters. The van der Waals surface area contributed by atoms with E-state index in [1.807, 2.05) is 0 Å². The van der Waals surface area contributed by atoms with Crippen molar-refractivity contribution in [3.8, 4) is 0 Å². The molecule has 0 saturated carbocycles. The summed E-state index contributed by atoms with van der Waals surface area (Å²) in [5.41, 5.74) is 7.37. The number of rotatable bonds is 7. The summed E-state index contributed by atoms with van der Waals surface area (Å²) < 4.78 is 0. The maximum Gasteiger partial charge on any atom is 0.256 e. The van der Waals surface area contributed by atoms with E-state index in [0.717, 1.165) is 18.7 Å². The van der Waals surface area contributed by atoms with Crippen molar-refractivity contribution in [3.05, 3.63) is 76.6 Å². The minimum absolute atomic E-state index is 0.0510. The fourth-order valence-corrected chi connectivity index (χ4v) is 4.73. The lowest BCUT2D eigenvalue weighted by atomic mass is 10.0. The Morgan fingerprint density at radius 1 is 1.17 bits per heavy atom. The molecule has 1 unspecified atom stereocenters. The number of aliphatic hydroxyl groups excluding tert-OH is 1. The average molecular weight is 512 g/mol. The van der Waals surface area contributed by atoms with E-state index in [1.165, 1.54) is 0 Å². The van der Waals surface area contributed by atoms with Crippen LogP contribution in [0.25, 0.3) is 0 Å². The number of likely N-dealkylation sites (tertiary alicyclic amines) is 1. The number of hydrogen-bond acceptors (Lipinski definition) is 6. The number of carbonyl (C=O) groups is 3. The van der Waals surface area contributed by atoms with Gasteiger partial charge in [-0.2, -0.15) is 0 Å². The van der Waals surface area contributed by atoms with Crippen LogP contribution in [0.3, 0.4) is 0 Å². The molecular weight excluding hydrogens is 482 g/mol. The van der Waals surface area contributed by atoms with Crippen LogP contribution in [0.5, 0.6) is 0 Å². The highest BCUT2D eigenvalue weighted by Gasteiger charge is 2.36. The molecule has 0 spiro atoms. The molecule has 0 aliphatic carbocycles. The van der Waals surface area contributed by atoms with Gasteiger partial charge >= 0.3 is 0 Å². The SMILES string of the molecule is C=C(N)NC(=O)c1ccc(CN2C(=O)c3ccc(Cl)cc3NC(=O)C2CCN2CCC(O)CC2)cc1. The molecule has 4 rings (SSSR count). The summed E-state index contributed by atoms with van der Waals surface area (Å²) in [6.07, 6.45) is 1.55. The first kappa shape index (κ1) is 25.7. The van der Waals surface area contributed by atoms with Gasteiger partial charge < -0.3 is 31.3 Å². The molecule has 2 heterocycles. The van der Waals surface area contributed by atoms with Crippen LogP contribution in [0.1, 0.15) is 45.5 Å². The highest BCUT2D eigenvalue weighted by Crippen LogP contribution is 2.29. The zero-order valence-electron chi connectivity index (χ0n) is 19.9. The summed E-state index contributed by atoms with van der Waals surface area (Å²) in [7, 11) is 0. The summed E-state index contributed by atoms with van der Waals surface area (Å²) in [4.78, 5) is 42.9. The molecule has 1 fully saturated rings. The van der Waals surface area contributed by atoms with Crippen LogP contribution in [-0.4, -0.2) is 64.4 Å². The fraction of sp³-hybridized carbons (Fsp3) is 0.346. The van der Waals surface area contributed by atoms with Crippen molar-refractivity contribution >= 4 is 35.0 Å². The molecule has 2 aliphatic rings. The Labute approximate surface area is 214 Å². The Kier molecular flexibility index (Phi) is 7.93. The topological polar surface area (TPSA) is 128 Å². The van der Waals surface area contributed by atoms with Gasteiger partial charge in [0, 0.05) is 36.8 Å². The number of amides is 3. The predicted molar refractivity (Wildman–Crippen MR) is 137 cm³/mol. The zero-order valence-corrected chi connectivity index (χ0v) is 20.6. The molecule has 0 aromatic heterocycles. The van der Waals surface area contributed by atoms with Crippen LogP contribution in [0, 0.1) is 0 Å². The molecule has 9 nitrogen and oxygen atoms in total. The molecule has 2 aromatic carbocycles. The van der Waals surface area contributed by atoms with E-state index in [9.17, 15) is 19.5 Å². The highest BCUT2D eigenvalue weighted by molar-refractivity contribution is 6.31. The predicted octanol–water partition coefficient (Wildman–Crippen LogP) is 2.31. The Morgan fingerprint density at radius 2 is 1.86 bits per heavy atom. The lowest BCUT2D eigenvalue weighted by Gasteiger charge is -2.33. The molecule has 1 saturated heterocycles. The Balaban J connectivity index is 1.57. The number of aliphatic hydroxyl groups is 1. The van der Waals surface area contributed by atoms with Gasteiger partial charge in [0.25, 0.3) is 11.8 Å². The minimum atomic E-state index is -0.709. The van der Waals surface area contributed by atoms with Crippen LogP contribution >= 0.6 is 11.6 Å². The number of anilines is 1. The molecule has 190 valence electrons. The van der Waals surface area contributed by atoms with Crippen LogP contribution in [0.4, 0.5) is 5.69 Å². The monoisotopic (exact) mass is 511 g/mol. The first-order valence-electron chi connectivity index (χ1n) is 11.9. The van der Waals surface area contributed by atoms with Crippen LogP contribution in [0.2, 0.25) is 5.02 Å². The van der Waals surface area contributed by atoms with E-state index in [-0.39, 0.29) is 36.2 Å². The number of halogens is 1. The van der Waals surface area contributed by atoms with Crippen molar-refractivity contribution in [2.24, 2.45) is 5.73 Å². The average Bonchev–Trinajstić information content (AvgIpc) is 2.92. The Hall–Kier alpha value is -3.40. The largest absolute Gasteiger partial charge is 0.393 e. The summed E-state index contributed by atoms with van der Waals surface area (Å²) in [5, 5.41) is 15.5. The maximum absolute atomic E-state index is 13.7. The quantitative estimate of drug-likeness (QED) is 0.451. The number of benzene rings is 2. The first-order valence-corrected chi connectivity index (χ1v) is 12.3. The number of hydrogen-bond donors (Lipinski definition) is 4. The molecular formula is C26H30ClN5O4. The van der Waals surface area contributed by atoms with Gasteiger partial charge in [-0.15, -0.1) is 0 Å². The molecule has 0 radical (unpaired) electrons. The Bertz CT molecular complexity index is 1160. The van der Waals surface area contributed by atoms with Gasteiger partial charge in [0.2, 0.25) is 5.91 Å². The minimum Gasteiger partial charge on any atom is -0.393 e. The second kappa shape index (κ2) is 11.1. The van der Waals surface area contributed by atoms with E-state index in [2.05, 4.69) is 22.1 Å². The van der Waals surface area contributed by atoms with E-state index < -0.39 is 6.04 Å². The molecule has 3 amide bonds. The van der Waals surface area contributed by atoms with E-state index >= 15 is 0 Å². The standard InChI is InChI=1S/C26H30ClN5O4/c1-16(28)29-24(34)18-4-2-17(3-5-18)15-32-23(10-13-31-11-8-20(33)9-12-31)25(35)30-22-14-19(27)6-7-21(22)26(32)36/h2-7,14,20,23,33H,1,8-13,15,28H2,(H,29,34)(H,30,35). The fourth-order valence-electron chi connectivity index (χ4n) is 4.55. The molecule has 2 aromatic rings. The molecule has 10 heteroatoms. The number of nitrogens with one attached hydrogen (secondary N) is 2. The van der Waals surface area contributed by atoms with Gasteiger partial charge in [-0.1, -0.05) is 30.3 Å². The van der Waals surface area contributed by atoms with E-state index in [4.69, 9.17) is 17.3 Å². The van der Waals surface area contributed by atoms with Gasteiger partial charge in [0.1, 0.15) is 6.04 Å². The third kappa shape index (κ3) is 6.04. The lowest BCUT2D eigenvalue weighted by molar-refractivity contribution is -0.121. The Morgan fingerprint density at radius 3 is 2.53 bits per heavy atom. The van der Waals surface area contributed by atoms with Gasteiger partial charge in [-0.3, -0.25) is 14.4 Å². The van der Waals surface area contributed by atoms with Crippen molar-refractivity contribution in [1.29, 1.82) is 0 Å². The summed E-state index contributed by atoms with van der Waals surface area (Å²) in [6.45, 7) is 5.77. The summed E-state index contributed by atoms with van der Waals surface area (Å²) in [5.74, 6) is -0.885. The molecule has 5 N–H and O–H groups in total. The van der Waals surface area contributed by atoms with Crippen molar-refractivity contribution in [2.45, 2.75) is 38.0 Å². The van der Waals surface area contributed by atoms with Gasteiger partial charge in [-0.25, -0.2) is 0 Å². The number of nitrogens with zero attached hydrogens (tertiary/aromatic N) is 2. The van der Waals surface area contributed by atoms with Crippen LogP contribution in [0.15, 0.2) is 54.9 Å². The number of carbonyl (C=O) groups excluding carboxylic acids is 3. The van der Waals surface area contributed by atoms with Gasteiger partial charge in [-0.05, 0) is 55.2 Å². The number of nitrogens with two attached hydrogens (primary N) is 1. The van der Waals surface area contributed by atoms with E-state index in [1.54, 1.807) is 47.4 Å². The lowest BCUT2D eigenvalue weighted by Crippen LogP contribution is -2.47. The molecule has 0 bridgehead atoms. The number of fused-ring (bicyclic) bond motifs is 1. The maximum atomic E-state index is 13.7. The van der Waals surface area contributed by atoms with Gasteiger partial charge in [0.05, 0.1) is 23.2 Å². The van der Waals surface area contributed by atoms with Crippen molar-refractivity contribution in [3.63, 3.8) is 0 Å². The second-order valence-corrected chi connectivity index (χ2v) is 9.60. The van der Waals surface area contributed by atoms with Crippen molar-refractivity contribution in [2.75, 3.05) is 25.0 Å². The molecule has 2 aliphatic heterocycles. The third-order valence-electron chi connectivity index (χ3n) is 6.53. The van der Waals surface area contributed by atoms with Crippen molar-refractivity contribution in [1.82, 2.24) is 15.1 Å². The summed E-state index contributed by atoms with van der Waals surface area (Å²) in [6, 6.07) is 10.9. The second-order valence-electron chi connectivity index (χ2n) is 9.17. The first-order chi connectivity index (χ1) is 17.2. The number of piperidine rings is 1. The van der Waals surface area contributed by atoms with E-state index in [0.29, 0.717) is 47.6 Å². The van der Waals surface area contributed by atoms with Gasteiger partial charge in [0.15, 0.2) is 0 Å². The molecule has 36 heavy (non-hydrogen) atoms. The van der Waals surface area contributed by atoms with Crippen LogP contribution < -0.4 is 16.4 Å². The summed E-state index contributed by atoms with van der Waals surface area (Å²) >= 11 is 6.12. The highest BCUT2D eigenvalue weighted by atomic mass is 35.5. The smallest absolute Gasteiger partial charge is 0.256 e. The third-order valence-corrected chi connectivity index (χ3v) is 6.76. The normalized spacial score (nSPS) is 18.8. The van der Waals surface area contributed by atoms with Crippen LogP contribution in [-0.2, 0) is 11.3 Å². The van der Waals surface area contributed by atoms with Crippen molar-refractivity contribution < 1.29 is 19.5 Å². The zero-order chi connectivity index (χ0) is 25.8.